The number of aromatic nitrogens is 2. The first-order chi connectivity index (χ1) is 10.8. The van der Waals surface area contributed by atoms with Gasteiger partial charge in [0.2, 0.25) is 0 Å². The third kappa shape index (κ3) is 2.48. The Morgan fingerprint density at radius 2 is 1.77 bits per heavy atom. The van der Waals surface area contributed by atoms with E-state index in [0.717, 1.165) is 29.4 Å². The summed E-state index contributed by atoms with van der Waals surface area (Å²) in [6.45, 7) is 0.558. The van der Waals surface area contributed by atoms with Crippen molar-refractivity contribution >= 4 is 16.9 Å². The molecule has 0 saturated heterocycles. The van der Waals surface area contributed by atoms with Crippen LogP contribution in [0.25, 0.3) is 11.0 Å². The molecule has 4 rings (SSSR count). The largest absolute Gasteiger partial charge is 0.363 e. The molecule has 0 amide bonds. The van der Waals surface area contributed by atoms with Crippen molar-refractivity contribution in [2.45, 2.75) is 25.4 Å². The second-order valence-corrected chi connectivity index (χ2v) is 5.74. The van der Waals surface area contributed by atoms with Gasteiger partial charge in [-0.1, -0.05) is 42.5 Å². The quantitative estimate of drug-likeness (QED) is 0.803. The third-order valence-electron chi connectivity index (χ3n) is 3.95. The van der Waals surface area contributed by atoms with E-state index >= 15 is 0 Å². The van der Waals surface area contributed by atoms with Crippen LogP contribution in [0.2, 0.25) is 0 Å². The Hall–Kier alpha value is -2.62. The summed E-state index contributed by atoms with van der Waals surface area (Å²) in [5.74, 6) is 0.470. The van der Waals surface area contributed by atoms with Crippen LogP contribution in [0.15, 0.2) is 59.4 Å². The van der Waals surface area contributed by atoms with E-state index in [1.54, 1.807) is 0 Å². The van der Waals surface area contributed by atoms with Crippen molar-refractivity contribution in [3.63, 3.8) is 0 Å². The Morgan fingerprint density at radius 3 is 2.55 bits per heavy atom. The number of hydrogen-bond donors (Lipinski definition) is 1. The topological polar surface area (TPSA) is 46.9 Å². The number of nitrogens with one attached hydrogen (secondary N) is 1. The van der Waals surface area contributed by atoms with Gasteiger partial charge in [0.1, 0.15) is 0 Å². The number of para-hydroxylation sites is 2. The van der Waals surface area contributed by atoms with Gasteiger partial charge in [0.25, 0.3) is 5.56 Å². The first-order valence-corrected chi connectivity index (χ1v) is 7.61. The van der Waals surface area contributed by atoms with E-state index in [2.05, 4.69) is 10.3 Å². The summed E-state index contributed by atoms with van der Waals surface area (Å²) in [6, 6.07) is 18.3. The fourth-order valence-electron chi connectivity index (χ4n) is 2.63. The van der Waals surface area contributed by atoms with Crippen molar-refractivity contribution in [2.75, 3.05) is 5.32 Å². The molecule has 0 bridgehead atoms. The van der Waals surface area contributed by atoms with E-state index in [0.29, 0.717) is 18.4 Å². The third-order valence-corrected chi connectivity index (χ3v) is 3.95. The molecule has 3 aromatic rings. The Balaban J connectivity index is 1.86. The van der Waals surface area contributed by atoms with E-state index < -0.39 is 0 Å². The van der Waals surface area contributed by atoms with Gasteiger partial charge in [-0.2, -0.15) is 0 Å². The summed E-state index contributed by atoms with van der Waals surface area (Å²) in [4.78, 5) is 17.3. The average molecular weight is 291 g/mol. The molecule has 1 aliphatic carbocycles. The Morgan fingerprint density at radius 1 is 1.05 bits per heavy atom. The van der Waals surface area contributed by atoms with Gasteiger partial charge in [-0.3, -0.25) is 9.36 Å². The van der Waals surface area contributed by atoms with Gasteiger partial charge in [-0.05, 0) is 30.5 Å². The zero-order valence-electron chi connectivity index (χ0n) is 12.2. The van der Waals surface area contributed by atoms with Crippen molar-refractivity contribution in [1.29, 1.82) is 0 Å². The van der Waals surface area contributed by atoms with Crippen LogP contribution >= 0.6 is 0 Å². The van der Waals surface area contributed by atoms with Gasteiger partial charge in [0.15, 0.2) is 5.82 Å². The van der Waals surface area contributed by atoms with Crippen LogP contribution in [0.3, 0.4) is 0 Å². The van der Waals surface area contributed by atoms with Crippen LogP contribution in [0, 0.1) is 0 Å². The fourth-order valence-corrected chi connectivity index (χ4v) is 2.63. The molecule has 1 N–H and O–H groups in total. The number of rotatable bonds is 4. The number of hydrogen-bond acceptors (Lipinski definition) is 3. The van der Waals surface area contributed by atoms with Crippen molar-refractivity contribution in [1.82, 2.24) is 9.55 Å². The summed E-state index contributed by atoms with van der Waals surface area (Å²) >= 11 is 0. The molecule has 1 heterocycles. The van der Waals surface area contributed by atoms with Crippen molar-refractivity contribution < 1.29 is 0 Å². The molecule has 110 valence electrons. The molecular formula is C18H17N3O. The van der Waals surface area contributed by atoms with Gasteiger partial charge >= 0.3 is 0 Å². The highest BCUT2D eigenvalue weighted by atomic mass is 16.1. The maximum absolute atomic E-state index is 12.8. The molecule has 0 aliphatic heterocycles. The molecule has 0 spiro atoms. The van der Waals surface area contributed by atoms with Gasteiger partial charge in [0, 0.05) is 6.04 Å². The summed E-state index contributed by atoms with van der Waals surface area (Å²) < 4.78 is 1.81. The number of anilines is 1. The predicted octanol–water partition coefficient (Wildman–Crippen LogP) is 3.02. The zero-order chi connectivity index (χ0) is 14.9. The Labute approximate surface area is 128 Å². The van der Waals surface area contributed by atoms with Gasteiger partial charge in [0.05, 0.1) is 17.6 Å². The summed E-state index contributed by atoms with van der Waals surface area (Å²) in [7, 11) is 0. The van der Waals surface area contributed by atoms with Crippen molar-refractivity contribution in [3.8, 4) is 0 Å². The van der Waals surface area contributed by atoms with E-state index in [1.807, 2.05) is 59.2 Å². The summed E-state index contributed by atoms with van der Waals surface area (Å²) in [6.07, 6.45) is 2.24. The van der Waals surface area contributed by atoms with Gasteiger partial charge < -0.3 is 5.32 Å². The highest BCUT2D eigenvalue weighted by Gasteiger charge is 2.23. The fraction of sp³-hybridized carbons (Fsp3) is 0.222. The molecule has 2 aromatic carbocycles. The molecule has 1 saturated carbocycles. The second kappa shape index (κ2) is 5.30. The van der Waals surface area contributed by atoms with Gasteiger partial charge in [-0.25, -0.2) is 4.98 Å². The first-order valence-electron chi connectivity index (χ1n) is 7.61. The predicted molar refractivity (Wildman–Crippen MR) is 88.2 cm³/mol. The van der Waals surface area contributed by atoms with Gasteiger partial charge in [-0.15, -0.1) is 0 Å². The monoisotopic (exact) mass is 291 g/mol. The minimum atomic E-state index is -0.0468. The van der Waals surface area contributed by atoms with E-state index in [4.69, 9.17) is 0 Å². The normalized spacial score (nSPS) is 14.2. The van der Waals surface area contributed by atoms with Crippen molar-refractivity contribution in [2.24, 2.45) is 0 Å². The van der Waals surface area contributed by atoms with E-state index in [9.17, 15) is 4.79 Å². The van der Waals surface area contributed by atoms with Crippen LogP contribution in [0.4, 0.5) is 5.82 Å². The van der Waals surface area contributed by atoms with Crippen LogP contribution in [0.1, 0.15) is 18.4 Å². The van der Waals surface area contributed by atoms with E-state index in [1.165, 1.54) is 0 Å². The molecule has 4 heteroatoms. The minimum absolute atomic E-state index is 0.0468. The lowest BCUT2D eigenvalue weighted by Crippen LogP contribution is -2.26. The van der Waals surface area contributed by atoms with Crippen LogP contribution in [-0.2, 0) is 6.54 Å². The SMILES string of the molecule is O=c1c(NC2CC2)nc2ccccc2n1Cc1ccccc1. The smallest absolute Gasteiger partial charge is 0.294 e. The lowest BCUT2D eigenvalue weighted by atomic mass is 10.2. The zero-order valence-corrected chi connectivity index (χ0v) is 12.2. The number of benzene rings is 2. The molecule has 1 fully saturated rings. The molecule has 1 aliphatic rings. The molecule has 0 unspecified atom stereocenters. The highest BCUT2D eigenvalue weighted by molar-refractivity contribution is 5.76. The minimum Gasteiger partial charge on any atom is -0.363 e. The molecule has 4 nitrogen and oxygen atoms in total. The number of nitrogens with zero attached hydrogens (tertiary/aromatic N) is 2. The molecule has 0 radical (unpaired) electrons. The van der Waals surface area contributed by atoms with Crippen LogP contribution < -0.4 is 10.9 Å². The Kier molecular flexibility index (Phi) is 3.15. The lowest BCUT2D eigenvalue weighted by molar-refractivity contribution is 0.787. The standard InChI is InChI=1S/C18H17N3O/c22-18-17(19-14-10-11-14)20-15-8-4-5-9-16(15)21(18)12-13-6-2-1-3-7-13/h1-9,14H,10-12H2,(H,19,20). The summed E-state index contributed by atoms with van der Waals surface area (Å²) in [5, 5.41) is 3.26. The lowest BCUT2D eigenvalue weighted by Gasteiger charge is -2.13. The summed E-state index contributed by atoms with van der Waals surface area (Å²) in [5.41, 5.74) is 2.78. The molecule has 0 atom stereocenters. The van der Waals surface area contributed by atoms with E-state index in [-0.39, 0.29) is 5.56 Å². The highest BCUT2D eigenvalue weighted by Crippen LogP contribution is 2.23. The maximum Gasteiger partial charge on any atom is 0.294 e. The number of fused-ring (bicyclic) bond motifs is 1. The van der Waals surface area contributed by atoms with Crippen LogP contribution in [-0.4, -0.2) is 15.6 Å². The Bertz CT molecular complexity index is 866. The average Bonchev–Trinajstić information content (AvgIpc) is 3.36. The molecule has 22 heavy (non-hydrogen) atoms. The molecular weight excluding hydrogens is 274 g/mol. The second-order valence-electron chi connectivity index (χ2n) is 5.74. The molecule has 1 aromatic heterocycles. The van der Waals surface area contributed by atoms with Crippen molar-refractivity contribution in [3.05, 3.63) is 70.5 Å². The van der Waals surface area contributed by atoms with Crippen LogP contribution in [0.5, 0.6) is 0 Å². The maximum atomic E-state index is 12.8. The first kappa shape index (κ1) is 13.1.